The van der Waals surface area contributed by atoms with Gasteiger partial charge in [0.05, 0.1) is 12.1 Å². The Labute approximate surface area is 167 Å². The Hall–Kier alpha value is -3.12. The Morgan fingerprint density at radius 1 is 1.21 bits per heavy atom. The maximum absolute atomic E-state index is 12.5. The van der Waals surface area contributed by atoms with Crippen molar-refractivity contribution in [2.24, 2.45) is 0 Å². The molecule has 0 spiro atoms. The van der Waals surface area contributed by atoms with E-state index in [4.69, 9.17) is 11.6 Å². The van der Waals surface area contributed by atoms with E-state index in [0.29, 0.717) is 16.5 Å². The van der Waals surface area contributed by atoms with Crippen LogP contribution in [0.1, 0.15) is 23.7 Å². The summed E-state index contributed by atoms with van der Waals surface area (Å²) in [6.45, 7) is 3.92. The summed E-state index contributed by atoms with van der Waals surface area (Å²) in [4.78, 5) is 25.0. The lowest BCUT2D eigenvalue weighted by atomic mass is 10.0. The number of nitrogens with one attached hydrogen (secondary N) is 2. The topological polar surface area (TPSA) is 76.0 Å². The quantitative estimate of drug-likeness (QED) is 0.691. The molecule has 2 aromatic carbocycles. The predicted octanol–water partition coefficient (Wildman–Crippen LogP) is 4.34. The van der Waals surface area contributed by atoms with Gasteiger partial charge in [-0.25, -0.2) is 4.68 Å². The molecule has 4 rings (SSSR count). The van der Waals surface area contributed by atoms with Gasteiger partial charge >= 0.3 is 0 Å². The zero-order valence-corrected chi connectivity index (χ0v) is 16.2. The molecule has 0 aliphatic carbocycles. The maximum Gasteiger partial charge on any atom is 0.251 e. The molecule has 142 valence electrons. The Morgan fingerprint density at radius 2 is 1.96 bits per heavy atom. The van der Waals surface area contributed by atoms with Crippen molar-refractivity contribution in [2.45, 2.75) is 26.3 Å². The molecule has 3 aromatic rings. The number of aromatic nitrogens is 2. The highest BCUT2D eigenvalue weighted by atomic mass is 35.5. The summed E-state index contributed by atoms with van der Waals surface area (Å²) in [5.41, 5.74) is 4.41. The molecule has 7 heteroatoms. The van der Waals surface area contributed by atoms with Crippen LogP contribution in [-0.2, 0) is 9.59 Å². The fourth-order valence-electron chi connectivity index (χ4n) is 3.40. The summed E-state index contributed by atoms with van der Waals surface area (Å²) in [6.07, 6.45) is -0.0141. The normalized spacial score (nSPS) is 15.2. The lowest BCUT2D eigenvalue weighted by Gasteiger charge is -2.10. The molecule has 0 bridgehead atoms. The van der Waals surface area contributed by atoms with Crippen LogP contribution in [0.3, 0.4) is 0 Å². The van der Waals surface area contributed by atoms with Gasteiger partial charge in [-0.2, -0.15) is 5.10 Å². The first-order chi connectivity index (χ1) is 13.4. The third kappa shape index (κ3) is 3.39. The molecule has 0 saturated carbocycles. The molecule has 2 N–H and O–H groups in total. The minimum absolute atomic E-state index is 0.0141. The van der Waals surface area contributed by atoms with E-state index < -0.39 is 6.04 Å². The number of benzene rings is 2. The fraction of sp³-hybridized carbons (Fsp3) is 0.190. The van der Waals surface area contributed by atoms with Gasteiger partial charge in [-0.15, -0.1) is 0 Å². The number of aryl methyl sites for hydroxylation is 2. The van der Waals surface area contributed by atoms with E-state index in [9.17, 15) is 9.59 Å². The zero-order chi connectivity index (χ0) is 19.8. The number of carbonyl (C=O) groups excluding carboxylic acids is 2. The number of carbonyl (C=O) groups is 2. The first-order valence-corrected chi connectivity index (χ1v) is 9.32. The monoisotopic (exact) mass is 394 g/mol. The van der Waals surface area contributed by atoms with E-state index in [1.54, 1.807) is 28.9 Å². The average molecular weight is 395 g/mol. The SMILES string of the molecule is Cc1ccc(-c2c(C)nn3c2NC(=O)C3CC(=O)Nc2cccc(Cl)c2)cc1. The Kier molecular flexibility index (Phi) is 4.65. The van der Waals surface area contributed by atoms with Crippen molar-refractivity contribution in [2.75, 3.05) is 10.6 Å². The fourth-order valence-corrected chi connectivity index (χ4v) is 3.59. The van der Waals surface area contributed by atoms with Crippen LogP contribution in [0, 0.1) is 13.8 Å². The standard InChI is InChI=1S/C21H19ClN4O2/c1-12-6-8-14(9-7-12)19-13(2)25-26-17(21(28)24-20(19)26)11-18(27)23-16-5-3-4-15(22)10-16/h3-10,17H,11H2,1-2H3,(H,23,27)(H,24,28). The first-order valence-electron chi connectivity index (χ1n) is 8.95. The summed E-state index contributed by atoms with van der Waals surface area (Å²) < 4.78 is 1.62. The van der Waals surface area contributed by atoms with Gasteiger partial charge < -0.3 is 10.6 Å². The Balaban J connectivity index is 1.58. The first kappa shape index (κ1) is 18.3. The minimum Gasteiger partial charge on any atom is -0.326 e. The largest absolute Gasteiger partial charge is 0.326 e. The molecule has 2 amide bonds. The second-order valence-electron chi connectivity index (χ2n) is 6.89. The van der Waals surface area contributed by atoms with Crippen molar-refractivity contribution in [3.63, 3.8) is 0 Å². The lowest BCUT2D eigenvalue weighted by Crippen LogP contribution is -2.23. The third-order valence-electron chi connectivity index (χ3n) is 4.75. The third-order valence-corrected chi connectivity index (χ3v) is 4.99. The molecule has 6 nitrogen and oxygen atoms in total. The summed E-state index contributed by atoms with van der Waals surface area (Å²) in [7, 11) is 0. The number of nitrogens with zero attached hydrogens (tertiary/aromatic N) is 2. The van der Waals surface area contributed by atoms with Crippen LogP contribution < -0.4 is 10.6 Å². The number of hydrogen-bond acceptors (Lipinski definition) is 3. The maximum atomic E-state index is 12.5. The molecule has 1 unspecified atom stereocenters. The van der Waals surface area contributed by atoms with Crippen LogP contribution in [0.15, 0.2) is 48.5 Å². The average Bonchev–Trinajstić information content (AvgIpc) is 3.10. The highest BCUT2D eigenvalue weighted by Crippen LogP contribution is 2.38. The molecule has 0 radical (unpaired) electrons. The van der Waals surface area contributed by atoms with E-state index in [1.807, 2.05) is 38.1 Å². The van der Waals surface area contributed by atoms with E-state index >= 15 is 0 Å². The van der Waals surface area contributed by atoms with Crippen molar-refractivity contribution in [3.8, 4) is 11.1 Å². The molecule has 0 fully saturated rings. The van der Waals surface area contributed by atoms with E-state index in [-0.39, 0.29) is 18.2 Å². The van der Waals surface area contributed by atoms with E-state index in [0.717, 1.165) is 22.4 Å². The minimum atomic E-state index is -0.688. The van der Waals surface area contributed by atoms with Gasteiger partial charge in [0.15, 0.2) is 0 Å². The van der Waals surface area contributed by atoms with Crippen molar-refractivity contribution >= 4 is 34.9 Å². The number of rotatable bonds is 4. The second-order valence-corrected chi connectivity index (χ2v) is 7.32. The number of amides is 2. The van der Waals surface area contributed by atoms with Gasteiger partial charge in [-0.05, 0) is 37.6 Å². The summed E-state index contributed by atoms with van der Waals surface area (Å²) in [5.74, 6) is 0.115. The number of anilines is 2. The van der Waals surface area contributed by atoms with Crippen molar-refractivity contribution < 1.29 is 9.59 Å². The number of halogens is 1. The van der Waals surface area contributed by atoms with Gasteiger partial charge in [0.25, 0.3) is 5.91 Å². The smallest absolute Gasteiger partial charge is 0.251 e. The van der Waals surface area contributed by atoms with Gasteiger partial charge in [0, 0.05) is 16.3 Å². The van der Waals surface area contributed by atoms with Gasteiger partial charge in [-0.1, -0.05) is 47.5 Å². The van der Waals surface area contributed by atoms with E-state index in [2.05, 4.69) is 15.7 Å². The number of fused-ring (bicyclic) bond motifs is 1. The van der Waals surface area contributed by atoms with Gasteiger partial charge in [-0.3, -0.25) is 9.59 Å². The van der Waals surface area contributed by atoms with Crippen LogP contribution in [0.5, 0.6) is 0 Å². The summed E-state index contributed by atoms with van der Waals surface area (Å²) in [6, 6.07) is 14.3. The van der Waals surface area contributed by atoms with Crippen LogP contribution in [0.25, 0.3) is 11.1 Å². The van der Waals surface area contributed by atoms with Crippen LogP contribution >= 0.6 is 11.6 Å². The zero-order valence-electron chi connectivity index (χ0n) is 15.5. The summed E-state index contributed by atoms with van der Waals surface area (Å²) >= 11 is 5.95. The molecule has 28 heavy (non-hydrogen) atoms. The van der Waals surface area contributed by atoms with Crippen molar-refractivity contribution in [3.05, 3.63) is 64.8 Å². The molecule has 1 aliphatic heterocycles. The van der Waals surface area contributed by atoms with Crippen molar-refractivity contribution in [1.29, 1.82) is 0 Å². The summed E-state index contributed by atoms with van der Waals surface area (Å²) in [5, 5.41) is 10.7. The molecule has 0 saturated heterocycles. The highest BCUT2D eigenvalue weighted by Gasteiger charge is 2.36. The molecular formula is C21H19ClN4O2. The molecule has 1 atom stereocenters. The van der Waals surface area contributed by atoms with Crippen molar-refractivity contribution in [1.82, 2.24) is 9.78 Å². The Bertz CT molecular complexity index is 1070. The predicted molar refractivity (Wildman–Crippen MR) is 110 cm³/mol. The second kappa shape index (κ2) is 7.13. The van der Waals surface area contributed by atoms with Gasteiger partial charge in [0.1, 0.15) is 11.9 Å². The van der Waals surface area contributed by atoms with Gasteiger partial charge in [0.2, 0.25) is 5.91 Å². The van der Waals surface area contributed by atoms with Crippen LogP contribution in [0.4, 0.5) is 11.5 Å². The lowest BCUT2D eigenvalue weighted by molar-refractivity contribution is -0.123. The van der Waals surface area contributed by atoms with E-state index in [1.165, 1.54) is 0 Å². The molecule has 1 aliphatic rings. The van der Waals surface area contributed by atoms with Crippen LogP contribution in [0.2, 0.25) is 5.02 Å². The molecule has 1 aromatic heterocycles. The number of hydrogen-bond donors (Lipinski definition) is 2. The van der Waals surface area contributed by atoms with Crippen LogP contribution in [-0.4, -0.2) is 21.6 Å². The molecular weight excluding hydrogens is 376 g/mol. The Morgan fingerprint density at radius 3 is 2.68 bits per heavy atom. The molecule has 2 heterocycles. The highest BCUT2D eigenvalue weighted by molar-refractivity contribution is 6.30.